The number of hydrazine groups is 1. The van der Waals surface area contributed by atoms with Gasteiger partial charge in [-0.05, 0) is 28.3 Å². The van der Waals surface area contributed by atoms with Crippen LogP contribution >= 0.6 is 11.6 Å². The Morgan fingerprint density at radius 1 is 0.925 bits per heavy atom. The smallest absolute Gasteiger partial charge is 0.260 e. The van der Waals surface area contributed by atoms with Gasteiger partial charge in [0.25, 0.3) is 5.91 Å². The molecule has 0 radical (unpaired) electrons. The van der Waals surface area contributed by atoms with Crippen molar-refractivity contribution in [2.24, 2.45) is 16.8 Å². The fourth-order valence-corrected chi connectivity index (χ4v) is 5.57. The first-order chi connectivity index (χ1) is 19.5. The monoisotopic (exact) mass is 561 g/mol. The molecule has 1 amide bonds. The molecule has 5 rings (SSSR count). The Morgan fingerprint density at radius 3 is 2.30 bits per heavy atom. The van der Waals surface area contributed by atoms with E-state index in [0.717, 1.165) is 22.3 Å². The molecule has 3 aromatic carbocycles. The molecule has 8 heteroatoms. The number of amides is 1. The summed E-state index contributed by atoms with van der Waals surface area (Å²) in [7, 11) is 0. The second-order valence-corrected chi connectivity index (χ2v) is 10.9. The maximum Gasteiger partial charge on any atom is 0.260 e. The SMILES string of the molecule is CC1C(COCc2ccccc2)OC(c2ccc(Cl)c(CC3=NCC(=O)NN3)c2)C(C)C1OCc1ccccc1. The summed E-state index contributed by atoms with van der Waals surface area (Å²) in [6.07, 6.45) is 0.0776. The Kier molecular flexibility index (Phi) is 9.49. The number of hydrogen-bond acceptors (Lipinski definition) is 6. The third-order valence-corrected chi connectivity index (χ3v) is 7.99. The quantitative estimate of drug-likeness (QED) is 0.345. The zero-order valence-corrected chi connectivity index (χ0v) is 23.6. The first-order valence-electron chi connectivity index (χ1n) is 13.8. The van der Waals surface area contributed by atoms with Gasteiger partial charge in [-0.15, -0.1) is 0 Å². The van der Waals surface area contributed by atoms with Crippen LogP contribution in [0.15, 0.2) is 83.9 Å². The van der Waals surface area contributed by atoms with E-state index in [4.69, 9.17) is 25.8 Å². The van der Waals surface area contributed by atoms with Gasteiger partial charge in [0.15, 0.2) is 0 Å². The molecule has 2 aliphatic rings. The highest BCUT2D eigenvalue weighted by Crippen LogP contribution is 2.42. The summed E-state index contributed by atoms with van der Waals surface area (Å²) >= 11 is 6.59. The molecule has 0 saturated carbocycles. The summed E-state index contributed by atoms with van der Waals surface area (Å²) in [5.74, 6) is 0.717. The molecule has 3 aromatic rings. The van der Waals surface area contributed by atoms with E-state index in [1.165, 1.54) is 0 Å². The van der Waals surface area contributed by atoms with Crippen LogP contribution in [0.25, 0.3) is 0 Å². The number of benzene rings is 3. The lowest BCUT2D eigenvalue weighted by molar-refractivity contribution is -0.201. The van der Waals surface area contributed by atoms with Crippen molar-refractivity contribution in [1.29, 1.82) is 0 Å². The third kappa shape index (κ3) is 7.09. The first-order valence-corrected chi connectivity index (χ1v) is 14.1. The van der Waals surface area contributed by atoms with Gasteiger partial charge < -0.3 is 14.2 Å². The molecule has 40 heavy (non-hydrogen) atoms. The van der Waals surface area contributed by atoms with E-state index in [0.29, 0.717) is 37.1 Å². The van der Waals surface area contributed by atoms with Crippen LogP contribution in [0.4, 0.5) is 0 Å². The van der Waals surface area contributed by atoms with Crippen molar-refractivity contribution in [3.63, 3.8) is 0 Å². The van der Waals surface area contributed by atoms with Crippen LogP contribution in [0, 0.1) is 11.8 Å². The molecule has 2 N–H and O–H groups in total. The van der Waals surface area contributed by atoms with Gasteiger partial charge in [0.1, 0.15) is 12.4 Å². The van der Waals surface area contributed by atoms with E-state index in [9.17, 15) is 4.79 Å². The predicted octanol–water partition coefficient (Wildman–Crippen LogP) is 5.43. The number of rotatable bonds is 10. The summed E-state index contributed by atoms with van der Waals surface area (Å²) in [5, 5.41) is 0.640. The molecule has 0 aromatic heterocycles. The van der Waals surface area contributed by atoms with Crippen molar-refractivity contribution in [3.8, 4) is 0 Å². The number of nitrogens with zero attached hydrogens (tertiary/aromatic N) is 1. The molecule has 1 fully saturated rings. The molecule has 7 nitrogen and oxygen atoms in total. The average molecular weight is 562 g/mol. The molecule has 210 valence electrons. The lowest BCUT2D eigenvalue weighted by Gasteiger charge is -2.45. The second-order valence-electron chi connectivity index (χ2n) is 10.5. The van der Waals surface area contributed by atoms with Gasteiger partial charge >= 0.3 is 0 Å². The molecule has 1 saturated heterocycles. The highest BCUT2D eigenvalue weighted by atomic mass is 35.5. The third-order valence-electron chi connectivity index (χ3n) is 7.62. The van der Waals surface area contributed by atoms with Crippen LogP contribution in [0.3, 0.4) is 0 Å². The Morgan fingerprint density at radius 2 is 1.62 bits per heavy atom. The van der Waals surface area contributed by atoms with Crippen molar-refractivity contribution in [1.82, 2.24) is 10.9 Å². The first kappa shape index (κ1) is 28.3. The molecule has 5 atom stereocenters. The van der Waals surface area contributed by atoms with Gasteiger partial charge in [0.05, 0.1) is 38.1 Å². The van der Waals surface area contributed by atoms with E-state index in [-0.39, 0.29) is 42.6 Å². The molecule has 5 unspecified atom stereocenters. The fourth-order valence-electron chi connectivity index (χ4n) is 5.39. The van der Waals surface area contributed by atoms with Gasteiger partial charge in [-0.3, -0.25) is 20.6 Å². The molecule has 0 spiro atoms. The van der Waals surface area contributed by atoms with Crippen LogP contribution in [0.5, 0.6) is 0 Å². The van der Waals surface area contributed by atoms with Crippen LogP contribution in [-0.4, -0.2) is 37.1 Å². The molecule has 0 bridgehead atoms. The molecular weight excluding hydrogens is 526 g/mol. The Hall–Kier alpha value is -3.23. The Bertz CT molecular complexity index is 1300. The Labute approximate surface area is 240 Å². The molecule has 0 aliphatic carbocycles. The number of ether oxygens (including phenoxy) is 3. The summed E-state index contributed by atoms with van der Waals surface area (Å²) in [6, 6.07) is 26.4. The van der Waals surface area contributed by atoms with Gasteiger partial charge in [0, 0.05) is 23.3 Å². The minimum absolute atomic E-state index is 0.0389. The van der Waals surface area contributed by atoms with Gasteiger partial charge in [0.2, 0.25) is 0 Å². The number of amidine groups is 1. The van der Waals surface area contributed by atoms with Gasteiger partial charge in [-0.2, -0.15) is 0 Å². The summed E-state index contributed by atoms with van der Waals surface area (Å²) in [6.45, 7) is 6.01. The van der Waals surface area contributed by atoms with E-state index in [1.807, 2.05) is 48.5 Å². The number of aliphatic imine (C=N–C) groups is 1. The standard InChI is InChI=1S/C32H36ClN3O4/c1-21-28(20-38-18-23-9-5-3-6-10-23)40-32(22(2)31(21)39-19-24-11-7-4-8-12-24)25-13-14-27(33)26(15-25)16-29-34-17-30(37)36-35-29/h3-15,21-22,28,31-32H,16-20H2,1-2H3,(H,34,35)(H,36,37). The lowest BCUT2D eigenvalue weighted by Crippen LogP contribution is -2.48. The predicted molar refractivity (Wildman–Crippen MR) is 156 cm³/mol. The van der Waals surface area contributed by atoms with E-state index in [2.05, 4.69) is 60.0 Å². The van der Waals surface area contributed by atoms with Gasteiger partial charge in [-0.1, -0.05) is 98.2 Å². The van der Waals surface area contributed by atoms with E-state index >= 15 is 0 Å². The second kappa shape index (κ2) is 13.4. The summed E-state index contributed by atoms with van der Waals surface area (Å²) < 4.78 is 19.5. The van der Waals surface area contributed by atoms with E-state index in [1.54, 1.807) is 0 Å². The van der Waals surface area contributed by atoms with Crippen LogP contribution in [0.2, 0.25) is 5.02 Å². The maximum atomic E-state index is 11.5. The van der Waals surface area contributed by atoms with Crippen molar-refractivity contribution in [2.45, 2.75) is 51.8 Å². The van der Waals surface area contributed by atoms with Gasteiger partial charge in [-0.25, -0.2) is 0 Å². The van der Waals surface area contributed by atoms with E-state index < -0.39 is 0 Å². The zero-order valence-electron chi connectivity index (χ0n) is 22.9. The van der Waals surface area contributed by atoms with Crippen molar-refractivity contribution >= 4 is 23.3 Å². The summed E-state index contributed by atoms with van der Waals surface area (Å²) in [5.41, 5.74) is 9.69. The van der Waals surface area contributed by atoms with Crippen LogP contribution in [0.1, 0.15) is 42.2 Å². The van der Waals surface area contributed by atoms with Crippen molar-refractivity contribution in [3.05, 3.63) is 106 Å². The van der Waals surface area contributed by atoms with Crippen molar-refractivity contribution < 1.29 is 19.0 Å². The maximum absolute atomic E-state index is 11.5. The fraction of sp³-hybridized carbons (Fsp3) is 0.375. The van der Waals surface area contributed by atoms with Crippen LogP contribution < -0.4 is 10.9 Å². The average Bonchev–Trinajstić information content (AvgIpc) is 2.98. The largest absolute Gasteiger partial charge is 0.374 e. The molecule has 2 aliphatic heterocycles. The van der Waals surface area contributed by atoms with Crippen LogP contribution in [-0.2, 0) is 38.6 Å². The highest BCUT2D eigenvalue weighted by molar-refractivity contribution is 6.31. The highest BCUT2D eigenvalue weighted by Gasteiger charge is 2.43. The number of halogens is 1. The number of carbonyl (C=O) groups is 1. The lowest BCUT2D eigenvalue weighted by atomic mass is 9.80. The molecular formula is C32H36ClN3O4. The molecule has 2 heterocycles. The Balaban J connectivity index is 1.35. The number of hydrogen-bond donors (Lipinski definition) is 2. The zero-order chi connectivity index (χ0) is 27.9. The van der Waals surface area contributed by atoms with Crippen molar-refractivity contribution in [2.75, 3.05) is 13.2 Å². The number of nitrogens with one attached hydrogen (secondary N) is 2. The summed E-state index contributed by atoms with van der Waals surface area (Å²) in [4.78, 5) is 15.8. The topological polar surface area (TPSA) is 81.2 Å². The minimum Gasteiger partial charge on any atom is -0.374 e. The normalized spacial score (nSPS) is 24.6. The minimum atomic E-state index is -0.209. The number of carbonyl (C=O) groups excluding carboxylic acids is 1.